The summed E-state index contributed by atoms with van der Waals surface area (Å²) in [5.41, 5.74) is 1.79. The van der Waals surface area contributed by atoms with Crippen LogP contribution in [0.4, 0.5) is 0 Å². The summed E-state index contributed by atoms with van der Waals surface area (Å²) < 4.78 is 5.76. The number of ether oxygens (including phenoxy) is 1. The van der Waals surface area contributed by atoms with Gasteiger partial charge in [-0.3, -0.25) is 9.59 Å². The van der Waals surface area contributed by atoms with Crippen molar-refractivity contribution in [1.29, 1.82) is 0 Å². The van der Waals surface area contributed by atoms with Gasteiger partial charge in [-0.1, -0.05) is 43.3 Å². The molecule has 0 radical (unpaired) electrons. The summed E-state index contributed by atoms with van der Waals surface area (Å²) in [5, 5.41) is 0. The van der Waals surface area contributed by atoms with Gasteiger partial charge in [0.1, 0.15) is 5.75 Å². The van der Waals surface area contributed by atoms with E-state index in [1.54, 1.807) is 4.90 Å². The van der Waals surface area contributed by atoms with Gasteiger partial charge in [-0.15, -0.1) is 0 Å². The van der Waals surface area contributed by atoms with Crippen LogP contribution in [0.2, 0.25) is 0 Å². The van der Waals surface area contributed by atoms with E-state index in [-0.39, 0.29) is 18.4 Å². The Morgan fingerprint density at radius 3 is 2.33 bits per heavy atom. The van der Waals surface area contributed by atoms with Crippen molar-refractivity contribution in [3.63, 3.8) is 0 Å². The predicted molar refractivity (Wildman–Crippen MR) is 105 cm³/mol. The van der Waals surface area contributed by atoms with E-state index in [0.717, 1.165) is 24.2 Å². The molecule has 0 spiro atoms. The minimum absolute atomic E-state index is 0.0259. The first-order valence-electron chi connectivity index (χ1n) is 9.52. The highest BCUT2D eigenvalue weighted by atomic mass is 16.5. The Bertz CT molecular complexity index is 776. The molecule has 0 aliphatic carbocycles. The Morgan fingerprint density at radius 2 is 1.56 bits per heavy atom. The summed E-state index contributed by atoms with van der Waals surface area (Å²) in [6, 6.07) is 17.1. The van der Waals surface area contributed by atoms with Crippen molar-refractivity contribution < 1.29 is 14.3 Å². The second kappa shape index (κ2) is 9.21. The Hall–Kier alpha value is -2.82. The number of hydrogen-bond acceptors (Lipinski definition) is 3. The van der Waals surface area contributed by atoms with Crippen LogP contribution in [0.3, 0.4) is 0 Å². The number of carbonyl (C=O) groups excluding carboxylic acids is 2. The number of aryl methyl sites for hydroxylation is 1. The molecule has 0 N–H and O–H groups in total. The lowest BCUT2D eigenvalue weighted by Gasteiger charge is -2.22. The highest BCUT2D eigenvalue weighted by Crippen LogP contribution is 2.18. The summed E-state index contributed by atoms with van der Waals surface area (Å²) in [6.45, 7) is 4.50. The van der Waals surface area contributed by atoms with Gasteiger partial charge in [0.05, 0.1) is 0 Å². The number of nitrogens with zero attached hydrogens (tertiary/aromatic N) is 2. The molecule has 1 fully saturated rings. The molecule has 3 rings (SSSR count). The van der Waals surface area contributed by atoms with Crippen molar-refractivity contribution in [3.8, 4) is 5.75 Å². The second-order valence-corrected chi connectivity index (χ2v) is 6.64. The Labute approximate surface area is 160 Å². The monoisotopic (exact) mass is 366 g/mol. The molecule has 5 heteroatoms. The third-order valence-corrected chi connectivity index (χ3v) is 4.86. The molecule has 5 nitrogen and oxygen atoms in total. The maximum absolute atomic E-state index is 12.6. The average molecular weight is 366 g/mol. The lowest BCUT2D eigenvalue weighted by Crippen LogP contribution is -2.39. The van der Waals surface area contributed by atoms with Gasteiger partial charge in [0.2, 0.25) is 0 Å². The number of amides is 2. The van der Waals surface area contributed by atoms with Gasteiger partial charge in [-0.05, 0) is 36.6 Å². The molecule has 27 heavy (non-hydrogen) atoms. The van der Waals surface area contributed by atoms with Crippen LogP contribution in [0.15, 0.2) is 54.6 Å². The van der Waals surface area contributed by atoms with Gasteiger partial charge in [-0.2, -0.15) is 0 Å². The third-order valence-electron chi connectivity index (χ3n) is 4.86. The van der Waals surface area contributed by atoms with Crippen LogP contribution in [0.25, 0.3) is 0 Å². The first-order valence-corrected chi connectivity index (χ1v) is 9.52. The van der Waals surface area contributed by atoms with Crippen LogP contribution in [0.1, 0.15) is 29.3 Å². The first kappa shape index (κ1) is 19.0. The zero-order valence-electron chi connectivity index (χ0n) is 15.8. The third kappa shape index (κ3) is 4.88. The fourth-order valence-electron chi connectivity index (χ4n) is 3.30. The molecule has 2 aromatic carbocycles. The molecule has 1 aliphatic heterocycles. The Kier molecular flexibility index (Phi) is 6.47. The SMILES string of the molecule is CCc1ccccc1OCC(=O)N1CCCN(C(=O)c2ccccc2)CC1. The van der Waals surface area contributed by atoms with Gasteiger partial charge < -0.3 is 14.5 Å². The van der Waals surface area contributed by atoms with Crippen molar-refractivity contribution in [2.45, 2.75) is 19.8 Å². The molecular formula is C22H26N2O3. The normalized spacial score (nSPS) is 14.6. The van der Waals surface area contributed by atoms with Crippen LogP contribution in [-0.2, 0) is 11.2 Å². The fraction of sp³-hybridized carbons (Fsp3) is 0.364. The summed E-state index contributed by atoms with van der Waals surface area (Å²) in [7, 11) is 0. The smallest absolute Gasteiger partial charge is 0.260 e. The molecular weight excluding hydrogens is 340 g/mol. The molecule has 0 bridgehead atoms. The molecule has 2 aromatic rings. The maximum atomic E-state index is 12.6. The molecule has 1 saturated heterocycles. The summed E-state index contributed by atoms with van der Waals surface area (Å²) >= 11 is 0. The minimum atomic E-state index is -0.0325. The van der Waals surface area contributed by atoms with Crippen LogP contribution < -0.4 is 4.74 Å². The van der Waals surface area contributed by atoms with E-state index >= 15 is 0 Å². The highest BCUT2D eigenvalue weighted by Gasteiger charge is 2.23. The Balaban J connectivity index is 1.54. The fourth-order valence-corrected chi connectivity index (χ4v) is 3.30. The number of benzene rings is 2. The number of rotatable bonds is 5. The van der Waals surface area contributed by atoms with E-state index in [0.29, 0.717) is 31.7 Å². The van der Waals surface area contributed by atoms with Gasteiger partial charge >= 0.3 is 0 Å². The molecule has 1 heterocycles. The van der Waals surface area contributed by atoms with Crippen molar-refractivity contribution in [3.05, 3.63) is 65.7 Å². The van der Waals surface area contributed by atoms with Gasteiger partial charge in [-0.25, -0.2) is 0 Å². The number of hydrogen-bond donors (Lipinski definition) is 0. The second-order valence-electron chi connectivity index (χ2n) is 6.64. The lowest BCUT2D eigenvalue weighted by atomic mass is 10.1. The van der Waals surface area contributed by atoms with E-state index < -0.39 is 0 Å². The summed E-state index contributed by atoms with van der Waals surface area (Å²) in [5.74, 6) is 0.761. The lowest BCUT2D eigenvalue weighted by molar-refractivity contribution is -0.133. The van der Waals surface area contributed by atoms with E-state index in [4.69, 9.17) is 4.74 Å². The van der Waals surface area contributed by atoms with E-state index in [1.807, 2.05) is 59.5 Å². The number of carbonyl (C=O) groups is 2. The standard InChI is InChI=1S/C22H26N2O3/c1-2-18-9-6-7-12-20(18)27-17-21(25)23-13-8-14-24(16-15-23)22(26)19-10-4-3-5-11-19/h3-7,9-12H,2,8,13-17H2,1H3. The van der Waals surface area contributed by atoms with E-state index in [9.17, 15) is 9.59 Å². The maximum Gasteiger partial charge on any atom is 0.260 e. The van der Waals surface area contributed by atoms with Crippen molar-refractivity contribution >= 4 is 11.8 Å². The molecule has 1 aliphatic rings. The van der Waals surface area contributed by atoms with E-state index in [2.05, 4.69) is 6.92 Å². The van der Waals surface area contributed by atoms with Crippen LogP contribution in [-0.4, -0.2) is 54.4 Å². The van der Waals surface area contributed by atoms with Crippen LogP contribution in [0.5, 0.6) is 5.75 Å². The van der Waals surface area contributed by atoms with Crippen LogP contribution in [0, 0.1) is 0 Å². The summed E-state index contributed by atoms with van der Waals surface area (Å²) in [4.78, 5) is 28.8. The van der Waals surface area contributed by atoms with Gasteiger partial charge in [0, 0.05) is 31.7 Å². The van der Waals surface area contributed by atoms with Crippen molar-refractivity contribution in [1.82, 2.24) is 9.80 Å². The molecule has 0 aromatic heterocycles. The van der Waals surface area contributed by atoms with Crippen molar-refractivity contribution in [2.75, 3.05) is 32.8 Å². The Morgan fingerprint density at radius 1 is 0.889 bits per heavy atom. The van der Waals surface area contributed by atoms with E-state index in [1.165, 1.54) is 0 Å². The molecule has 142 valence electrons. The van der Waals surface area contributed by atoms with Gasteiger partial charge in [0.25, 0.3) is 11.8 Å². The molecule has 0 atom stereocenters. The first-order chi connectivity index (χ1) is 13.2. The van der Waals surface area contributed by atoms with Crippen molar-refractivity contribution in [2.24, 2.45) is 0 Å². The molecule has 0 unspecified atom stereocenters. The number of para-hydroxylation sites is 1. The topological polar surface area (TPSA) is 49.9 Å². The van der Waals surface area contributed by atoms with Gasteiger partial charge in [0.15, 0.2) is 6.61 Å². The molecule has 2 amide bonds. The van der Waals surface area contributed by atoms with Crippen LogP contribution >= 0.6 is 0 Å². The minimum Gasteiger partial charge on any atom is -0.483 e. The average Bonchev–Trinajstić information content (AvgIpc) is 2.98. The zero-order valence-corrected chi connectivity index (χ0v) is 15.8. The zero-order chi connectivity index (χ0) is 19.1. The molecule has 0 saturated carbocycles. The quantitative estimate of drug-likeness (QED) is 0.817. The summed E-state index contributed by atoms with van der Waals surface area (Å²) in [6.07, 6.45) is 1.64. The largest absolute Gasteiger partial charge is 0.483 e. The highest BCUT2D eigenvalue weighted by molar-refractivity contribution is 5.94. The predicted octanol–water partition coefficient (Wildman–Crippen LogP) is 3.00.